The van der Waals surface area contributed by atoms with Gasteiger partial charge >= 0.3 is 0 Å². The molecule has 100 valence electrons. The first-order valence-corrected chi connectivity index (χ1v) is 6.58. The third-order valence-corrected chi connectivity index (χ3v) is 3.46. The molecule has 19 heavy (non-hydrogen) atoms. The molecule has 1 N–H and O–H groups in total. The van der Waals surface area contributed by atoms with E-state index in [1.165, 1.54) is 0 Å². The maximum atomic E-state index is 12.0. The van der Waals surface area contributed by atoms with Gasteiger partial charge in [-0.05, 0) is 37.0 Å². The van der Waals surface area contributed by atoms with Gasteiger partial charge in [0.05, 0.1) is 5.92 Å². The van der Waals surface area contributed by atoms with Crippen LogP contribution in [-0.2, 0) is 16.0 Å². The quantitative estimate of drug-likeness (QED) is 0.643. The number of nitrogens with one attached hydrogen (secondary N) is 1. The Kier molecular flexibility index (Phi) is 4.84. The lowest BCUT2D eigenvalue weighted by atomic mass is 9.83. The highest BCUT2D eigenvalue weighted by Gasteiger charge is 2.27. The van der Waals surface area contributed by atoms with Gasteiger partial charge in [-0.15, -0.1) is 0 Å². The molecule has 0 saturated carbocycles. The monoisotopic (exact) mass is 258 g/mol. The van der Waals surface area contributed by atoms with Crippen LogP contribution in [0.25, 0.3) is 0 Å². The number of hydrogen-bond donors (Lipinski definition) is 1. The molecule has 1 amide bonds. The standard InChI is InChI=1S/C15H18N2O2/c18-11-13-3-1-2-4-14(13)15(19)17-10-7-12-5-8-16-9-6-12/h1-2,5-6,8-9,11,13-14H,3-4,7,10H2,(H,17,19)/t13-,14-/m0/s1. The predicted octanol–water partition coefficient (Wildman–Crippen LogP) is 1.52. The molecule has 0 radical (unpaired) electrons. The van der Waals surface area contributed by atoms with Crippen molar-refractivity contribution in [1.29, 1.82) is 0 Å². The van der Waals surface area contributed by atoms with Gasteiger partial charge in [0.15, 0.2) is 0 Å². The number of amides is 1. The lowest BCUT2D eigenvalue weighted by Gasteiger charge is -2.23. The number of rotatable bonds is 5. The van der Waals surface area contributed by atoms with Gasteiger partial charge in [0.2, 0.25) is 5.91 Å². The van der Waals surface area contributed by atoms with Crippen LogP contribution in [-0.4, -0.2) is 23.7 Å². The summed E-state index contributed by atoms with van der Waals surface area (Å²) in [5.74, 6) is -0.402. The third kappa shape index (κ3) is 3.74. The molecule has 1 aromatic heterocycles. The first-order valence-electron chi connectivity index (χ1n) is 6.58. The summed E-state index contributed by atoms with van der Waals surface area (Å²) < 4.78 is 0. The van der Waals surface area contributed by atoms with E-state index in [1.54, 1.807) is 12.4 Å². The zero-order chi connectivity index (χ0) is 13.5. The summed E-state index contributed by atoms with van der Waals surface area (Å²) in [5, 5.41) is 2.91. The summed E-state index contributed by atoms with van der Waals surface area (Å²) in [4.78, 5) is 26.9. The van der Waals surface area contributed by atoms with Gasteiger partial charge in [-0.25, -0.2) is 0 Å². The summed E-state index contributed by atoms with van der Waals surface area (Å²) in [6, 6.07) is 3.87. The minimum atomic E-state index is -0.208. The Bertz CT molecular complexity index is 456. The fourth-order valence-corrected chi connectivity index (χ4v) is 2.30. The second kappa shape index (κ2) is 6.83. The second-order valence-electron chi connectivity index (χ2n) is 4.75. The number of pyridine rings is 1. The van der Waals surface area contributed by atoms with E-state index in [1.807, 2.05) is 24.3 Å². The molecule has 1 aliphatic rings. The molecule has 2 atom stereocenters. The van der Waals surface area contributed by atoms with E-state index in [9.17, 15) is 9.59 Å². The number of carbonyl (C=O) groups is 2. The van der Waals surface area contributed by atoms with E-state index < -0.39 is 0 Å². The largest absolute Gasteiger partial charge is 0.356 e. The molecule has 1 aromatic rings. The minimum Gasteiger partial charge on any atom is -0.356 e. The predicted molar refractivity (Wildman–Crippen MR) is 72.4 cm³/mol. The van der Waals surface area contributed by atoms with Crippen LogP contribution < -0.4 is 5.32 Å². The molecule has 4 heteroatoms. The van der Waals surface area contributed by atoms with Gasteiger partial charge in [-0.3, -0.25) is 9.78 Å². The molecule has 0 spiro atoms. The number of aldehydes is 1. The Balaban J connectivity index is 1.81. The van der Waals surface area contributed by atoms with Gasteiger partial charge < -0.3 is 10.1 Å². The number of hydrogen-bond acceptors (Lipinski definition) is 3. The van der Waals surface area contributed by atoms with Gasteiger partial charge in [0, 0.05) is 24.9 Å². The van der Waals surface area contributed by atoms with Gasteiger partial charge in [0.1, 0.15) is 6.29 Å². The highest BCUT2D eigenvalue weighted by Crippen LogP contribution is 2.23. The average Bonchev–Trinajstić information content (AvgIpc) is 2.48. The minimum absolute atomic E-state index is 0.0180. The molecule has 0 unspecified atom stereocenters. The molecule has 0 aromatic carbocycles. The topological polar surface area (TPSA) is 59.1 Å². The molecular weight excluding hydrogens is 240 g/mol. The van der Waals surface area contributed by atoms with E-state index in [4.69, 9.17) is 0 Å². The van der Waals surface area contributed by atoms with Gasteiger partial charge in [-0.2, -0.15) is 0 Å². The van der Waals surface area contributed by atoms with Crippen LogP contribution in [0.2, 0.25) is 0 Å². The van der Waals surface area contributed by atoms with E-state index >= 15 is 0 Å². The van der Waals surface area contributed by atoms with Crippen LogP contribution in [0.1, 0.15) is 18.4 Å². The van der Waals surface area contributed by atoms with Crippen LogP contribution in [0.4, 0.5) is 0 Å². The molecule has 1 aliphatic carbocycles. The highest BCUT2D eigenvalue weighted by atomic mass is 16.2. The normalized spacial score (nSPS) is 21.9. The Morgan fingerprint density at radius 3 is 2.79 bits per heavy atom. The molecule has 0 fully saturated rings. The maximum Gasteiger partial charge on any atom is 0.224 e. The van der Waals surface area contributed by atoms with Crippen molar-refractivity contribution in [1.82, 2.24) is 10.3 Å². The van der Waals surface area contributed by atoms with E-state index in [0.717, 1.165) is 18.3 Å². The van der Waals surface area contributed by atoms with E-state index in [2.05, 4.69) is 10.3 Å². The van der Waals surface area contributed by atoms with E-state index in [0.29, 0.717) is 19.4 Å². The lowest BCUT2D eigenvalue weighted by molar-refractivity contribution is -0.129. The molecule has 0 saturated heterocycles. The molecular formula is C15H18N2O2. The van der Waals surface area contributed by atoms with Crippen LogP contribution >= 0.6 is 0 Å². The van der Waals surface area contributed by atoms with Crippen molar-refractivity contribution >= 4 is 12.2 Å². The second-order valence-corrected chi connectivity index (χ2v) is 4.75. The zero-order valence-corrected chi connectivity index (χ0v) is 10.8. The van der Waals surface area contributed by atoms with Crippen molar-refractivity contribution in [2.75, 3.05) is 6.54 Å². The molecule has 0 bridgehead atoms. The van der Waals surface area contributed by atoms with Crippen molar-refractivity contribution in [2.24, 2.45) is 11.8 Å². The summed E-state index contributed by atoms with van der Waals surface area (Å²) >= 11 is 0. The fraction of sp³-hybridized carbons (Fsp3) is 0.400. The zero-order valence-electron chi connectivity index (χ0n) is 10.8. The van der Waals surface area contributed by atoms with Crippen molar-refractivity contribution in [2.45, 2.75) is 19.3 Å². The Morgan fingerprint density at radius 1 is 1.32 bits per heavy atom. The van der Waals surface area contributed by atoms with E-state index in [-0.39, 0.29) is 17.7 Å². The fourth-order valence-electron chi connectivity index (χ4n) is 2.30. The number of nitrogens with zero attached hydrogens (tertiary/aromatic N) is 1. The van der Waals surface area contributed by atoms with Crippen LogP contribution in [0, 0.1) is 11.8 Å². The molecule has 0 aliphatic heterocycles. The summed E-state index contributed by atoms with van der Waals surface area (Å²) in [6.45, 7) is 0.592. The Hall–Kier alpha value is -1.97. The number of carbonyl (C=O) groups excluding carboxylic acids is 2. The Morgan fingerprint density at radius 2 is 2.05 bits per heavy atom. The van der Waals surface area contributed by atoms with Crippen LogP contribution in [0.5, 0.6) is 0 Å². The summed E-state index contributed by atoms with van der Waals surface area (Å²) in [5.41, 5.74) is 1.14. The first kappa shape index (κ1) is 13.5. The van der Waals surface area contributed by atoms with Crippen molar-refractivity contribution in [3.63, 3.8) is 0 Å². The van der Waals surface area contributed by atoms with Crippen LogP contribution in [0.3, 0.4) is 0 Å². The van der Waals surface area contributed by atoms with Gasteiger partial charge in [0.25, 0.3) is 0 Å². The highest BCUT2D eigenvalue weighted by molar-refractivity contribution is 5.82. The Labute approximate surface area is 112 Å². The molecule has 2 rings (SSSR count). The third-order valence-electron chi connectivity index (χ3n) is 3.46. The number of allylic oxidation sites excluding steroid dienone is 2. The maximum absolute atomic E-state index is 12.0. The SMILES string of the molecule is O=C[C@@H]1CC=CC[C@@H]1C(=O)NCCc1ccncc1. The molecule has 4 nitrogen and oxygen atoms in total. The van der Waals surface area contributed by atoms with Crippen molar-refractivity contribution in [3.05, 3.63) is 42.2 Å². The summed E-state index contributed by atoms with van der Waals surface area (Å²) in [7, 11) is 0. The van der Waals surface area contributed by atoms with Crippen LogP contribution in [0.15, 0.2) is 36.7 Å². The van der Waals surface area contributed by atoms with Crippen molar-refractivity contribution in [3.8, 4) is 0 Å². The average molecular weight is 258 g/mol. The van der Waals surface area contributed by atoms with Gasteiger partial charge in [-0.1, -0.05) is 12.2 Å². The first-order chi connectivity index (χ1) is 9.31. The van der Waals surface area contributed by atoms with Crippen molar-refractivity contribution < 1.29 is 9.59 Å². The number of aromatic nitrogens is 1. The summed E-state index contributed by atoms with van der Waals surface area (Å²) in [6.07, 6.45) is 10.4. The lowest BCUT2D eigenvalue weighted by Crippen LogP contribution is -2.37. The molecule has 1 heterocycles. The smallest absolute Gasteiger partial charge is 0.224 e.